The van der Waals surface area contributed by atoms with Gasteiger partial charge in [0, 0.05) is 28.7 Å². The summed E-state index contributed by atoms with van der Waals surface area (Å²) in [5.41, 5.74) is 3.74. The molecule has 31 heavy (non-hydrogen) atoms. The van der Waals surface area contributed by atoms with Gasteiger partial charge < -0.3 is 20.7 Å². The molecule has 3 aromatic carbocycles. The van der Waals surface area contributed by atoms with E-state index in [0.29, 0.717) is 16.9 Å². The summed E-state index contributed by atoms with van der Waals surface area (Å²) < 4.78 is 5.66. The van der Waals surface area contributed by atoms with Gasteiger partial charge >= 0.3 is 0 Å². The number of amides is 2. The standard InChI is InChI=1S/C25H27N3O3/c1-17(2)31-23-9-5-8-22(15-23)26-16-24(29)27-20-10-12-21(13-11-20)28-25(30)19-7-4-6-18(3)14-19/h4-15,17,26H,16H2,1-3H3,(H,27,29)(H,28,30). The van der Waals surface area contributed by atoms with E-state index in [9.17, 15) is 9.59 Å². The molecule has 0 heterocycles. The largest absolute Gasteiger partial charge is 0.491 e. The van der Waals surface area contributed by atoms with E-state index >= 15 is 0 Å². The maximum atomic E-state index is 12.3. The minimum atomic E-state index is -0.174. The first-order valence-electron chi connectivity index (χ1n) is 10.2. The van der Waals surface area contributed by atoms with Crippen molar-refractivity contribution >= 4 is 28.9 Å². The van der Waals surface area contributed by atoms with E-state index < -0.39 is 0 Å². The molecule has 6 heteroatoms. The molecule has 0 fully saturated rings. The molecular formula is C25H27N3O3. The molecule has 0 saturated heterocycles. The van der Waals surface area contributed by atoms with Crippen LogP contribution < -0.4 is 20.7 Å². The van der Waals surface area contributed by atoms with E-state index in [4.69, 9.17) is 4.74 Å². The highest BCUT2D eigenvalue weighted by atomic mass is 16.5. The van der Waals surface area contributed by atoms with Crippen LogP contribution in [0.1, 0.15) is 29.8 Å². The molecule has 0 aliphatic carbocycles. The highest BCUT2D eigenvalue weighted by Gasteiger charge is 2.07. The number of nitrogens with one attached hydrogen (secondary N) is 3. The van der Waals surface area contributed by atoms with Crippen molar-refractivity contribution in [1.29, 1.82) is 0 Å². The van der Waals surface area contributed by atoms with Crippen LogP contribution in [0, 0.1) is 6.92 Å². The summed E-state index contributed by atoms with van der Waals surface area (Å²) in [6.45, 7) is 6.00. The van der Waals surface area contributed by atoms with E-state index in [0.717, 1.165) is 17.0 Å². The third kappa shape index (κ3) is 6.89. The van der Waals surface area contributed by atoms with Gasteiger partial charge in [-0.3, -0.25) is 9.59 Å². The van der Waals surface area contributed by atoms with Gasteiger partial charge in [0.1, 0.15) is 5.75 Å². The lowest BCUT2D eigenvalue weighted by atomic mass is 10.1. The average Bonchev–Trinajstić information content (AvgIpc) is 2.73. The summed E-state index contributed by atoms with van der Waals surface area (Å²) in [7, 11) is 0. The van der Waals surface area contributed by atoms with E-state index in [1.807, 2.05) is 63.2 Å². The van der Waals surface area contributed by atoms with Gasteiger partial charge in [-0.05, 0) is 69.3 Å². The quantitative estimate of drug-likeness (QED) is 0.477. The minimum absolute atomic E-state index is 0.0862. The third-order valence-corrected chi connectivity index (χ3v) is 4.37. The number of carbonyl (C=O) groups is 2. The summed E-state index contributed by atoms with van der Waals surface area (Å²) in [4.78, 5) is 24.6. The first-order chi connectivity index (χ1) is 14.9. The molecular weight excluding hydrogens is 390 g/mol. The molecule has 6 nitrogen and oxygen atoms in total. The van der Waals surface area contributed by atoms with Crippen molar-refractivity contribution in [3.8, 4) is 5.75 Å². The Morgan fingerprint density at radius 1 is 0.839 bits per heavy atom. The molecule has 0 atom stereocenters. The molecule has 0 aromatic heterocycles. The van der Waals surface area contributed by atoms with E-state index in [1.165, 1.54) is 0 Å². The Bertz CT molecular complexity index is 1050. The van der Waals surface area contributed by atoms with Crippen molar-refractivity contribution in [3.63, 3.8) is 0 Å². The molecule has 0 spiro atoms. The lowest BCUT2D eigenvalue weighted by Crippen LogP contribution is -2.21. The van der Waals surface area contributed by atoms with Crippen molar-refractivity contribution in [2.24, 2.45) is 0 Å². The predicted octanol–water partition coefficient (Wildman–Crippen LogP) is 5.09. The maximum Gasteiger partial charge on any atom is 0.255 e. The molecule has 2 amide bonds. The van der Waals surface area contributed by atoms with Crippen LogP contribution in [0.5, 0.6) is 5.75 Å². The summed E-state index contributed by atoms with van der Waals surface area (Å²) >= 11 is 0. The summed E-state index contributed by atoms with van der Waals surface area (Å²) in [5.74, 6) is 0.406. The molecule has 0 unspecified atom stereocenters. The monoisotopic (exact) mass is 417 g/mol. The predicted molar refractivity (Wildman–Crippen MR) is 125 cm³/mol. The molecule has 160 valence electrons. The average molecular weight is 418 g/mol. The van der Waals surface area contributed by atoms with Crippen molar-refractivity contribution in [2.75, 3.05) is 22.5 Å². The number of rotatable bonds is 8. The van der Waals surface area contributed by atoms with Gasteiger partial charge in [0.05, 0.1) is 12.6 Å². The SMILES string of the molecule is Cc1cccc(C(=O)Nc2ccc(NC(=O)CNc3cccc(OC(C)C)c3)cc2)c1. The van der Waals surface area contributed by atoms with Crippen molar-refractivity contribution in [2.45, 2.75) is 26.9 Å². The second-order valence-corrected chi connectivity index (χ2v) is 7.50. The molecule has 3 rings (SSSR count). The summed E-state index contributed by atoms with van der Waals surface area (Å²) in [6.07, 6.45) is 0.0862. The van der Waals surface area contributed by atoms with E-state index in [2.05, 4.69) is 16.0 Å². The molecule has 0 aliphatic rings. The molecule has 0 radical (unpaired) electrons. The van der Waals surface area contributed by atoms with Gasteiger partial charge in [-0.1, -0.05) is 23.8 Å². The van der Waals surface area contributed by atoms with Crippen LogP contribution in [0.2, 0.25) is 0 Å². The Labute approximate surface area is 182 Å². The van der Waals surface area contributed by atoms with Gasteiger partial charge in [0.25, 0.3) is 5.91 Å². The number of ether oxygens (including phenoxy) is 1. The second-order valence-electron chi connectivity index (χ2n) is 7.50. The fraction of sp³-hybridized carbons (Fsp3) is 0.200. The number of aryl methyl sites for hydroxylation is 1. The van der Waals surface area contributed by atoms with Gasteiger partial charge in [-0.25, -0.2) is 0 Å². The van der Waals surface area contributed by atoms with Crippen molar-refractivity contribution in [3.05, 3.63) is 83.9 Å². The normalized spacial score (nSPS) is 10.5. The lowest BCUT2D eigenvalue weighted by Gasteiger charge is -2.12. The first kappa shape index (κ1) is 21.9. The summed E-state index contributed by atoms with van der Waals surface area (Å²) in [6, 6.07) is 21.9. The topological polar surface area (TPSA) is 79.5 Å². The van der Waals surface area contributed by atoms with Crippen LogP contribution in [-0.2, 0) is 4.79 Å². The van der Waals surface area contributed by atoms with Gasteiger partial charge in [-0.15, -0.1) is 0 Å². The molecule has 0 bridgehead atoms. The number of anilines is 3. The van der Waals surface area contributed by atoms with Crippen molar-refractivity contribution in [1.82, 2.24) is 0 Å². The number of benzene rings is 3. The minimum Gasteiger partial charge on any atom is -0.491 e. The van der Waals surface area contributed by atoms with Crippen molar-refractivity contribution < 1.29 is 14.3 Å². The van der Waals surface area contributed by atoms with Gasteiger partial charge in [-0.2, -0.15) is 0 Å². The first-order valence-corrected chi connectivity index (χ1v) is 10.2. The molecule has 0 aliphatic heterocycles. The zero-order chi connectivity index (χ0) is 22.2. The van der Waals surface area contributed by atoms with Gasteiger partial charge in [0.2, 0.25) is 5.91 Å². The number of hydrogen-bond acceptors (Lipinski definition) is 4. The highest BCUT2D eigenvalue weighted by molar-refractivity contribution is 6.04. The fourth-order valence-electron chi connectivity index (χ4n) is 2.97. The smallest absolute Gasteiger partial charge is 0.255 e. The molecule has 3 N–H and O–H groups in total. The van der Waals surface area contributed by atoms with Gasteiger partial charge in [0.15, 0.2) is 0 Å². The van der Waals surface area contributed by atoms with Crippen LogP contribution in [0.15, 0.2) is 72.8 Å². The summed E-state index contributed by atoms with van der Waals surface area (Å²) in [5, 5.41) is 8.78. The fourth-order valence-corrected chi connectivity index (χ4v) is 2.97. The van der Waals surface area contributed by atoms with E-state index in [-0.39, 0.29) is 24.5 Å². The van der Waals surface area contributed by atoms with Crippen LogP contribution >= 0.6 is 0 Å². The third-order valence-electron chi connectivity index (χ3n) is 4.37. The highest BCUT2D eigenvalue weighted by Crippen LogP contribution is 2.19. The number of hydrogen-bond donors (Lipinski definition) is 3. The maximum absolute atomic E-state index is 12.3. The van der Waals surface area contributed by atoms with E-state index in [1.54, 1.807) is 30.3 Å². The Hall–Kier alpha value is -3.80. The van der Waals surface area contributed by atoms with Crippen LogP contribution in [0.3, 0.4) is 0 Å². The Morgan fingerprint density at radius 2 is 1.52 bits per heavy atom. The Morgan fingerprint density at radius 3 is 2.19 bits per heavy atom. The molecule has 3 aromatic rings. The second kappa shape index (κ2) is 10.3. The lowest BCUT2D eigenvalue weighted by molar-refractivity contribution is -0.114. The zero-order valence-electron chi connectivity index (χ0n) is 17.9. The van der Waals surface area contributed by atoms with Crippen LogP contribution in [0.4, 0.5) is 17.1 Å². The molecule has 0 saturated carbocycles. The number of carbonyl (C=O) groups excluding carboxylic acids is 2. The Kier molecular flexibility index (Phi) is 7.27. The van der Waals surface area contributed by atoms with Crippen LogP contribution in [0.25, 0.3) is 0 Å². The van der Waals surface area contributed by atoms with Crippen LogP contribution in [-0.4, -0.2) is 24.5 Å². The Balaban J connectivity index is 1.50. The zero-order valence-corrected chi connectivity index (χ0v) is 17.9.